The Morgan fingerprint density at radius 3 is 2.41 bits per heavy atom. The largest absolute Gasteiger partial charge is 0.394 e. The van der Waals surface area contributed by atoms with Crippen molar-refractivity contribution in [1.29, 1.82) is 0 Å². The van der Waals surface area contributed by atoms with Gasteiger partial charge in [-0.15, -0.1) is 0 Å². The predicted octanol–water partition coefficient (Wildman–Crippen LogP) is 0.243. The molecule has 102 valence electrons. The molecule has 0 aromatic carbocycles. The van der Waals surface area contributed by atoms with Crippen molar-refractivity contribution in [2.75, 3.05) is 31.6 Å². The number of sulfone groups is 1. The molecule has 2 N–H and O–H groups in total. The van der Waals surface area contributed by atoms with Crippen LogP contribution in [0.4, 0.5) is 13.2 Å². The molecule has 1 aliphatic heterocycles. The molecule has 1 heterocycles. The topological polar surface area (TPSA) is 63.4 Å². The van der Waals surface area contributed by atoms with Crippen LogP contribution in [0.1, 0.15) is 6.42 Å². The van der Waals surface area contributed by atoms with Gasteiger partial charge in [0.1, 0.15) is 0 Å². The lowest BCUT2D eigenvalue weighted by Gasteiger charge is -2.28. The average molecular weight is 274 g/mol. The molecule has 2 unspecified atom stereocenters. The molecule has 0 bridgehead atoms. The highest BCUT2D eigenvalue weighted by Gasteiger charge is 2.41. The number of hydrogen-bond acceptors (Lipinski definition) is 4. The van der Waals surface area contributed by atoms with Crippen molar-refractivity contribution in [3.8, 4) is 0 Å². The summed E-state index contributed by atoms with van der Waals surface area (Å²) in [6, 6.07) is -0.323. The van der Waals surface area contributed by atoms with Crippen molar-refractivity contribution in [2.45, 2.75) is 18.6 Å². The van der Waals surface area contributed by atoms with Gasteiger partial charge in [-0.05, 0) is 13.5 Å². The van der Waals surface area contributed by atoms with Crippen LogP contribution in [0.25, 0.3) is 0 Å². The molecule has 1 saturated heterocycles. The smallest absolute Gasteiger partial charge is 0.330 e. The van der Waals surface area contributed by atoms with Gasteiger partial charge in [0, 0.05) is 19.1 Å². The Morgan fingerprint density at radius 1 is 1.47 bits per heavy atom. The standard InChI is InChI=1S/C9H17F3N2O2S/c1-14(5-7(4-13)9(10,11)12)8-2-3-17(15,16)6-8/h7-8H,2-6,13H2,1H3. The van der Waals surface area contributed by atoms with Crippen molar-refractivity contribution in [3.05, 3.63) is 0 Å². The van der Waals surface area contributed by atoms with E-state index in [0.29, 0.717) is 6.42 Å². The highest BCUT2D eigenvalue weighted by atomic mass is 32.2. The lowest BCUT2D eigenvalue weighted by molar-refractivity contribution is -0.176. The minimum atomic E-state index is -4.33. The zero-order valence-corrected chi connectivity index (χ0v) is 10.4. The first-order chi connectivity index (χ1) is 7.65. The fourth-order valence-electron chi connectivity index (χ4n) is 1.93. The van der Waals surface area contributed by atoms with Gasteiger partial charge in [-0.2, -0.15) is 13.2 Å². The highest BCUT2D eigenvalue weighted by molar-refractivity contribution is 7.91. The molecule has 17 heavy (non-hydrogen) atoms. The molecule has 1 fully saturated rings. The van der Waals surface area contributed by atoms with E-state index in [1.807, 2.05) is 0 Å². The van der Waals surface area contributed by atoms with Crippen LogP contribution in [-0.4, -0.2) is 57.2 Å². The summed E-state index contributed by atoms with van der Waals surface area (Å²) in [6.45, 7) is -0.729. The minimum Gasteiger partial charge on any atom is -0.330 e. The molecule has 0 amide bonds. The Labute approximate surface area is 98.9 Å². The maximum absolute atomic E-state index is 12.5. The molecular weight excluding hydrogens is 257 g/mol. The number of nitrogens with two attached hydrogens (primary N) is 1. The van der Waals surface area contributed by atoms with Gasteiger partial charge in [0.25, 0.3) is 0 Å². The van der Waals surface area contributed by atoms with Crippen molar-refractivity contribution in [1.82, 2.24) is 4.90 Å². The quantitative estimate of drug-likeness (QED) is 0.798. The van der Waals surface area contributed by atoms with Gasteiger partial charge >= 0.3 is 6.18 Å². The Bertz CT molecular complexity index is 356. The van der Waals surface area contributed by atoms with Gasteiger partial charge < -0.3 is 10.6 Å². The maximum atomic E-state index is 12.5. The van der Waals surface area contributed by atoms with Crippen molar-refractivity contribution in [2.24, 2.45) is 11.7 Å². The van der Waals surface area contributed by atoms with Crippen LogP contribution < -0.4 is 5.73 Å². The summed E-state index contributed by atoms with van der Waals surface area (Å²) >= 11 is 0. The van der Waals surface area contributed by atoms with Crippen LogP contribution in [-0.2, 0) is 9.84 Å². The molecule has 2 atom stereocenters. The fourth-order valence-corrected chi connectivity index (χ4v) is 3.74. The Balaban J connectivity index is 2.57. The number of rotatable bonds is 4. The monoisotopic (exact) mass is 274 g/mol. The van der Waals surface area contributed by atoms with Crippen molar-refractivity contribution < 1.29 is 21.6 Å². The fraction of sp³-hybridized carbons (Fsp3) is 1.00. The third-order valence-corrected chi connectivity index (χ3v) is 4.84. The van der Waals surface area contributed by atoms with E-state index in [9.17, 15) is 21.6 Å². The normalized spacial score (nSPS) is 26.4. The lowest BCUT2D eigenvalue weighted by atomic mass is 10.1. The van der Waals surface area contributed by atoms with E-state index in [1.54, 1.807) is 0 Å². The van der Waals surface area contributed by atoms with Crippen molar-refractivity contribution in [3.63, 3.8) is 0 Å². The predicted molar refractivity (Wildman–Crippen MR) is 58.3 cm³/mol. The van der Waals surface area contributed by atoms with E-state index in [2.05, 4.69) is 0 Å². The van der Waals surface area contributed by atoms with Gasteiger partial charge in [0.05, 0.1) is 17.4 Å². The number of halogens is 3. The SMILES string of the molecule is CN(CC(CN)C(F)(F)F)C1CCS(=O)(=O)C1. The molecule has 0 spiro atoms. The first-order valence-corrected chi connectivity index (χ1v) is 7.15. The molecule has 0 aliphatic carbocycles. The van der Waals surface area contributed by atoms with E-state index < -0.39 is 28.5 Å². The van der Waals surface area contributed by atoms with Crippen LogP contribution in [0.3, 0.4) is 0 Å². The van der Waals surface area contributed by atoms with E-state index in [0.717, 1.165) is 0 Å². The summed E-state index contributed by atoms with van der Waals surface area (Å²) in [5.41, 5.74) is 5.09. The summed E-state index contributed by atoms with van der Waals surface area (Å²) in [4.78, 5) is 1.45. The molecule has 4 nitrogen and oxygen atoms in total. The van der Waals surface area contributed by atoms with Crippen LogP contribution in [0.15, 0.2) is 0 Å². The molecule has 0 saturated carbocycles. The molecule has 0 aromatic rings. The zero-order chi connectivity index (χ0) is 13.3. The number of alkyl halides is 3. The first kappa shape index (κ1) is 14.7. The van der Waals surface area contributed by atoms with Gasteiger partial charge in [0.2, 0.25) is 0 Å². The van der Waals surface area contributed by atoms with E-state index in [1.165, 1.54) is 11.9 Å². The van der Waals surface area contributed by atoms with Gasteiger partial charge in [-0.3, -0.25) is 0 Å². The lowest BCUT2D eigenvalue weighted by Crippen LogP contribution is -2.43. The number of hydrogen-bond donors (Lipinski definition) is 1. The van der Waals surface area contributed by atoms with E-state index >= 15 is 0 Å². The highest BCUT2D eigenvalue weighted by Crippen LogP contribution is 2.27. The van der Waals surface area contributed by atoms with Gasteiger partial charge in [0.15, 0.2) is 9.84 Å². The Morgan fingerprint density at radius 2 is 2.06 bits per heavy atom. The molecule has 0 aromatic heterocycles. The summed E-state index contributed by atoms with van der Waals surface area (Å²) in [7, 11) is -1.56. The van der Waals surface area contributed by atoms with E-state index in [4.69, 9.17) is 5.73 Å². The van der Waals surface area contributed by atoms with Crippen molar-refractivity contribution >= 4 is 9.84 Å². The summed E-state index contributed by atoms with van der Waals surface area (Å²) in [5, 5.41) is 0. The second-order valence-electron chi connectivity index (χ2n) is 4.47. The Hall–Kier alpha value is -0.340. The third kappa shape index (κ3) is 4.11. The van der Waals surface area contributed by atoms with Crippen LogP contribution in [0.5, 0.6) is 0 Å². The van der Waals surface area contributed by atoms with Crippen LogP contribution >= 0.6 is 0 Å². The Kier molecular flexibility index (Phi) is 4.43. The second kappa shape index (κ2) is 5.11. The van der Waals surface area contributed by atoms with E-state index in [-0.39, 0.29) is 24.1 Å². The average Bonchev–Trinajstić information content (AvgIpc) is 2.53. The minimum absolute atomic E-state index is 0.0569. The summed E-state index contributed by atoms with van der Waals surface area (Å²) in [5.74, 6) is -1.60. The van der Waals surface area contributed by atoms with Gasteiger partial charge in [-0.1, -0.05) is 0 Å². The van der Waals surface area contributed by atoms with Crippen LogP contribution in [0.2, 0.25) is 0 Å². The molecule has 0 radical (unpaired) electrons. The molecule has 8 heteroatoms. The third-order valence-electron chi connectivity index (χ3n) is 3.09. The van der Waals surface area contributed by atoms with Crippen LogP contribution in [0, 0.1) is 5.92 Å². The first-order valence-electron chi connectivity index (χ1n) is 5.33. The molecule has 1 aliphatic rings. The number of nitrogens with zero attached hydrogens (tertiary/aromatic N) is 1. The maximum Gasteiger partial charge on any atom is 0.394 e. The summed E-state index contributed by atoms with van der Waals surface area (Å²) in [6.07, 6.45) is -3.94. The van der Waals surface area contributed by atoms with Gasteiger partial charge in [-0.25, -0.2) is 8.42 Å². The molecular formula is C9H17F3N2O2S. The molecule has 1 rings (SSSR count). The second-order valence-corrected chi connectivity index (χ2v) is 6.70. The summed E-state index contributed by atoms with van der Waals surface area (Å²) < 4.78 is 59.9. The zero-order valence-electron chi connectivity index (χ0n) is 9.57.